The summed E-state index contributed by atoms with van der Waals surface area (Å²) in [6, 6.07) is 0.897. The van der Waals surface area contributed by atoms with Crippen LogP contribution in [0.4, 0.5) is 0 Å². The van der Waals surface area contributed by atoms with Gasteiger partial charge in [0.25, 0.3) is 0 Å². The van der Waals surface area contributed by atoms with Gasteiger partial charge in [-0.1, -0.05) is 0 Å². The lowest BCUT2D eigenvalue weighted by atomic mass is 10.2. The molecule has 1 fully saturated rings. The molecular formula is C11H23N3O. The fraction of sp³-hybridized carbons (Fsp3) is 0.909. The van der Waals surface area contributed by atoms with Crippen LogP contribution in [0.25, 0.3) is 0 Å². The van der Waals surface area contributed by atoms with Crippen molar-refractivity contribution in [2.75, 3.05) is 26.7 Å². The van der Waals surface area contributed by atoms with Gasteiger partial charge in [0.05, 0.1) is 6.54 Å². The lowest BCUT2D eigenvalue weighted by molar-refractivity contribution is -0.130. The van der Waals surface area contributed by atoms with Crippen molar-refractivity contribution in [3.63, 3.8) is 0 Å². The first-order valence-electron chi connectivity index (χ1n) is 5.76. The Morgan fingerprint density at radius 2 is 2.27 bits per heavy atom. The van der Waals surface area contributed by atoms with Crippen LogP contribution in [0.5, 0.6) is 0 Å². The molecule has 0 aromatic rings. The molecule has 15 heavy (non-hydrogen) atoms. The number of carbonyl (C=O) groups is 1. The monoisotopic (exact) mass is 213 g/mol. The summed E-state index contributed by atoms with van der Waals surface area (Å²) in [5, 5.41) is 0. The van der Waals surface area contributed by atoms with Crippen molar-refractivity contribution in [1.29, 1.82) is 0 Å². The summed E-state index contributed by atoms with van der Waals surface area (Å²) in [6.45, 7) is 6.33. The fourth-order valence-electron chi connectivity index (χ4n) is 2.01. The summed E-state index contributed by atoms with van der Waals surface area (Å²) in [5.74, 6) is 0.0923. The molecule has 88 valence electrons. The Morgan fingerprint density at radius 1 is 1.60 bits per heavy atom. The van der Waals surface area contributed by atoms with E-state index < -0.39 is 0 Å². The first kappa shape index (κ1) is 12.5. The quantitative estimate of drug-likeness (QED) is 0.729. The third kappa shape index (κ3) is 3.18. The van der Waals surface area contributed by atoms with E-state index >= 15 is 0 Å². The molecule has 4 nitrogen and oxygen atoms in total. The van der Waals surface area contributed by atoms with Crippen LogP contribution in [-0.2, 0) is 4.79 Å². The lowest BCUT2D eigenvalue weighted by Gasteiger charge is -2.30. The number of hydrogen-bond acceptors (Lipinski definition) is 3. The molecule has 1 aliphatic rings. The third-order valence-corrected chi connectivity index (χ3v) is 3.25. The Bertz CT molecular complexity index is 218. The zero-order valence-electron chi connectivity index (χ0n) is 10.1. The largest absolute Gasteiger partial charge is 0.337 e. The summed E-state index contributed by atoms with van der Waals surface area (Å²) in [7, 11) is 2.11. The molecule has 0 bridgehead atoms. The zero-order valence-corrected chi connectivity index (χ0v) is 10.1. The Kier molecular flexibility index (Phi) is 4.54. The van der Waals surface area contributed by atoms with E-state index in [4.69, 9.17) is 5.73 Å². The molecule has 1 amide bonds. The summed E-state index contributed by atoms with van der Waals surface area (Å²) < 4.78 is 0. The Hall–Kier alpha value is -0.610. The second kappa shape index (κ2) is 5.47. The van der Waals surface area contributed by atoms with E-state index in [0.29, 0.717) is 12.1 Å². The normalized spacial score (nSPS) is 21.7. The smallest absolute Gasteiger partial charge is 0.236 e. The average Bonchev–Trinajstić information content (AvgIpc) is 2.64. The van der Waals surface area contributed by atoms with E-state index in [1.54, 1.807) is 0 Å². The molecule has 0 saturated carbocycles. The van der Waals surface area contributed by atoms with Gasteiger partial charge in [0.1, 0.15) is 0 Å². The number of nitrogens with two attached hydrogens (primary N) is 1. The van der Waals surface area contributed by atoms with Gasteiger partial charge in [-0.25, -0.2) is 0 Å². The number of hydrogen-bond donors (Lipinski definition) is 1. The highest BCUT2D eigenvalue weighted by Crippen LogP contribution is 2.18. The van der Waals surface area contributed by atoms with Crippen LogP contribution < -0.4 is 5.73 Å². The van der Waals surface area contributed by atoms with Crippen LogP contribution in [-0.4, -0.2) is 54.5 Å². The van der Waals surface area contributed by atoms with Crippen molar-refractivity contribution < 1.29 is 4.79 Å². The Balaban J connectivity index is 2.50. The van der Waals surface area contributed by atoms with Gasteiger partial charge in [-0.05, 0) is 33.7 Å². The molecule has 0 spiro atoms. The number of rotatable bonds is 4. The molecule has 0 radical (unpaired) electrons. The number of nitrogens with zero attached hydrogens (tertiary/aromatic N) is 2. The van der Waals surface area contributed by atoms with E-state index in [1.807, 2.05) is 4.90 Å². The van der Waals surface area contributed by atoms with Crippen molar-refractivity contribution >= 4 is 5.91 Å². The average molecular weight is 213 g/mol. The molecule has 4 heteroatoms. The first-order valence-corrected chi connectivity index (χ1v) is 5.76. The zero-order chi connectivity index (χ0) is 11.4. The molecule has 2 N–H and O–H groups in total. The number of likely N-dealkylation sites (tertiary alicyclic amines) is 1. The molecule has 0 aliphatic carbocycles. The van der Waals surface area contributed by atoms with Gasteiger partial charge in [0, 0.05) is 25.2 Å². The summed E-state index contributed by atoms with van der Waals surface area (Å²) in [6.07, 6.45) is 2.23. The molecular weight excluding hydrogens is 190 g/mol. The number of amides is 1. The lowest BCUT2D eigenvalue weighted by Crippen LogP contribution is -2.45. The minimum atomic E-state index is 0.0923. The summed E-state index contributed by atoms with van der Waals surface area (Å²) >= 11 is 0. The maximum atomic E-state index is 11.6. The molecule has 1 rings (SSSR count). The van der Waals surface area contributed by atoms with Gasteiger partial charge >= 0.3 is 0 Å². The first-order chi connectivity index (χ1) is 7.06. The maximum absolute atomic E-state index is 11.6. The predicted molar refractivity (Wildman–Crippen MR) is 61.6 cm³/mol. The van der Waals surface area contributed by atoms with Crippen LogP contribution in [0.2, 0.25) is 0 Å². The molecule has 1 heterocycles. The highest BCUT2D eigenvalue weighted by molar-refractivity contribution is 5.78. The van der Waals surface area contributed by atoms with Gasteiger partial charge < -0.3 is 15.5 Å². The molecule has 1 atom stereocenters. The van der Waals surface area contributed by atoms with Crippen molar-refractivity contribution in [3.8, 4) is 0 Å². The van der Waals surface area contributed by atoms with E-state index in [2.05, 4.69) is 25.8 Å². The summed E-state index contributed by atoms with van der Waals surface area (Å²) in [4.78, 5) is 15.8. The van der Waals surface area contributed by atoms with Gasteiger partial charge in [-0.3, -0.25) is 4.79 Å². The standard InChI is InChI=1S/C11H23N3O/c1-9(2)13(3)8-10-5-4-6-14(10)11(15)7-12/h9-10H,4-8,12H2,1-3H3/t10-/m1/s1. The van der Waals surface area contributed by atoms with Crippen molar-refractivity contribution in [1.82, 2.24) is 9.80 Å². The molecule has 1 aliphatic heterocycles. The molecule has 0 aromatic carbocycles. The number of carbonyl (C=O) groups excluding carboxylic acids is 1. The van der Waals surface area contributed by atoms with E-state index in [-0.39, 0.29) is 12.5 Å². The fourth-order valence-corrected chi connectivity index (χ4v) is 2.01. The molecule has 0 aromatic heterocycles. The molecule has 0 unspecified atom stereocenters. The highest BCUT2D eigenvalue weighted by atomic mass is 16.2. The number of likely N-dealkylation sites (N-methyl/N-ethyl adjacent to an activating group) is 1. The van der Waals surface area contributed by atoms with E-state index in [9.17, 15) is 4.79 Å². The highest BCUT2D eigenvalue weighted by Gasteiger charge is 2.28. The van der Waals surface area contributed by atoms with Crippen LogP contribution in [0.15, 0.2) is 0 Å². The Labute approximate surface area is 92.4 Å². The van der Waals surface area contributed by atoms with Crippen molar-refractivity contribution in [2.24, 2.45) is 5.73 Å². The topological polar surface area (TPSA) is 49.6 Å². The SMILES string of the molecule is CC(C)N(C)C[C@H]1CCCN1C(=O)CN. The van der Waals surface area contributed by atoms with Crippen LogP contribution in [0.1, 0.15) is 26.7 Å². The van der Waals surface area contributed by atoms with Gasteiger partial charge in [0.15, 0.2) is 0 Å². The van der Waals surface area contributed by atoms with Crippen LogP contribution in [0, 0.1) is 0 Å². The second-order valence-electron chi connectivity index (χ2n) is 4.62. The Morgan fingerprint density at radius 3 is 2.80 bits per heavy atom. The molecule has 1 saturated heterocycles. The van der Waals surface area contributed by atoms with Crippen molar-refractivity contribution in [3.05, 3.63) is 0 Å². The second-order valence-corrected chi connectivity index (χ2v) is 4.62. The minimum absolute atomic E-state index is 0.0923. The van der Waals surface area contributed by atoms with Crippen molar-refractivity contribution in [2.45, 2.75) is 38.8 Å². The van der Waals surface area contributed by atoms with E-state index in [0.717, 1.165) is 25.9 Å². The van der Waals surface area contributed by atoms with Gasteiger partial charge in [-0.15, -0.1) is 0 Å². The van der Waals surface area contributed by atoms with Gasteiger partial charge in [-0.2, -0.15) is 0 Å². The van der Waals surface area contributed by atoms with Crippen LogP contribution in [0.3, 0.4) is 0 Å². The third-order valence-electron chi connectivity index (χ3n) is 3.25. The van der Waals surface area contributed by atoms with Crippen LogP contribution >= 0.6 is 0 Å². The predicted octanol–water partition coefficient (Wildman–Crippen LogP) is 0.276. The summed E-state index contributed by atoms with van der Waals surface area (Å²) in [5.41, 5.74) is 5.40. The maximum Gasteiger partial charge on any atom is 0.236 e. The van der Waals surface area contributed by atoms with Gasteiger partial charge in [0.2, 0.25) is 5.91 Å². The minimum Gasteiger partial charge on any atom is -0.337 e. The van der Waals surface area contributed by atoms with E-state index in [1.165, 1.54) is 0 Å².